The van der Waals surface area contributed by atoms with Gasteiger partial charge in [-0.05, 0) is 106 Å². The Kier molecular flexibility index (Phi) is 6.52. The first-order chi connectivity index (χ1) is 15.9. The first-order valence-corrected chi connectivity index (χ1v) is 13.3. The highest BCUT2D eigenvalue weighted by molar-refractivity contribution is 5.94. The quantitative estimate of drug-likeness (QED) is 0.647. The number of nitrogens with zero attached hydrogens (tertiary/aromatic N) is 1. The van der Waals surface area contributed by atoms with Crippen LogP contribution in [0.15, 0.2) is 24.3 Å². The SMILES string of the molecule is CC1CCCN(C(C)CNC(=O)c2ccc(CNC(=O)C34CC5CC(CC(C5)C3)C4)cc2)C1. The van der Waals surface area contributed by atoms with Crippen LogP contribution in [-0.4, -0.2) is 42.4 Å². The van der Waals surface area contributed by atoms with E-state index in [2.05, 4.69) is 29.4 Å². The monoisotopic (exact) mass is 451 g/mol. The van der Waals surface area contributed by atoms with Gasteiger partial charge in [-0.3, -0.25) is 14.5 Å². The average molecular weight is 452 g/mol. The molecule has 4 saturated carbocycles. The molecule has 1 aliphatic heterocycles. The Morgan fingerprint density at radius 2 is 1.67 bits per heavy atom. The molecular weight excluding hydrogens is 410 g/mol. The van der Waals surface area contributed by atoms with Gasteiger partial charge in [0.1, 0.15) is 0 Å². The van der Waals surface area contributed by atoms with E-state index in [0.717, 1.165) is 61.6 Å². The number of amides is 2. The molecule has 33 heavy (non-hydrogen) atoms. The van der Waals surface area contributed by atoms with E-state index in [9.17, 15) is 9.59 Å². The number of benzene rings is 1. The van der Waals surface area contributed by atoms with Gasteiger partial charge < -0.3 is 10.6 Å². The molecule has 1 aromatic rings. The fourth-order valence-electron chi connectivity index (χ4n) is 7.63. The number of nitrogens with one attached hydrogen (secondary N) is 2. The summed E-state index contributed by atoms with van der Waals surface area (Å²) in [5.41, 5.74) is 1.64. The van der Waals surface area contributed by atoms with E-state index >= 15 is 0 Å². The van der Waals surface area contributed by atoms with E-state index in [4.69, 9.17) is 0 Å². The van der Waals surface area contributed by atoms with E-state index in [-0.39, 0.29) is 17.2 Å². The minimum atomic E-state index is -0.0998. The molecule has 1 aromatic carbocycles. The molecule has 2 unspecified atom stereocenters. The summed E-state index contributed by atoms with van der Waals surface area (Å²) < 4.78 is 0. The van der Waals surface area contributed by atoms with Crippen molar-refractivity contribution in [3.8, 4) is 0 Å². The lowest BCUT2D eigenvalue weighted by molar-refractivity contribution is -0.146. The summed E-state index contributed by atoms with van der Waals surface area (Å²) in [6, 6.07) is 8.08. The highest BCUT2D eigenvalue weighted by atomic mass is 16.2. The molecule has 4 aliphatic carbocycles. The maximum atomic E-state index is 13.2. The summed E-state index contributed by atoms with van der Waals surface area (Å²) in [5.74, 6) is 3.33. The number of rotatable bonds is 7. The zero-order valence-electron chi connectivity index (χ0n) is 20.4. The Hall–Kier alpha value is -1.88. The Morgan fingerprint density at radius 3 is 2.27 bits per heavy atom. The number of hydrogen-bond donors (Lipinski definition) is 2. The van der Waals surface area contributed by atoms with Gasteiger partial charge in [0, 0.05) is 36.7 Å². The molecule has 1 saturated heterocycles. The van der Waals surface area contributed by atoms with Crippen molar-refractivity contribution in [3.63, 3.8) is 0 Å². The maximum Gasteiger partial charge on any atom is 0.251 e. The first kappa shape index (κ1) is 22.9. The third-order valence-electron chi connectivity index (χ3n) is 9.06. The standard InChI is InChI=1S/C28H41N3O2/c1-19-4-3-9-31(18-19)20(2)16-29-26(32)25-7-5-21(6-8-25)17-30-27(33)28-13-22-10-23(14-28)12-24(11-22)15-28/h5-8,19-20,22-24H,3-4,9-18H2,1-2H3,(H,29,32)(H,30,33). The smallest absolute Gasteiger partial charge is 0.251 e. The molecule has 0 spiro atoms. The zero-order valence-corrected chi connectivity index (χ0v) is 20.4. The van der Waals surface area contributed by atoms with Crippen LogP contribution in [0.3, 0.4) is 0 Å². The van der Waals surface area contributed by atoms with E-state index in [1.165, 1.54) is 32.1 Å². The summed E-state index contributed by atoms with van der Waals surface area (Å²) in [5, 5.41) is 6.34. The number of likely N-dealkylation sites (tertiary alicyclic amines) is 1. The molecule has 5 heteroatoms. The molecule has 5 aliphatic rings. The van der Waals surface area contributed by atoms with Crippen molar-refractivity contribution in [1.29, 1.82) is 0 Å². The third kappa shape index (κ3) is 4.99. The molecule has 4 bridgehead atoms. The third-order valence-corrected chi connectivity index (χ3v) is 9.06. The van der Waals surface area contributed by atoms with Crippen LogP contribution in [-0.2, 0) is 11.3 Å². The molecule has 0 aromatic heterocycles. The van der Waals surface area contributed by atoms with Crippen LogP contribution in [0.25, 0.3) is 0 Å². The Labute approximate surface area is 199 Å². The fraction of sp³-hybridized carbons (Fsp3) is 0.714. The largest absolute Gasteiger partial charge is 0.352 e. The Morgan fingerprint density at radius 1 is 1.03 bits per heavy atom. The summed E-state index contributed by atoms with van der Waals surface area (Å²) in [7, 11) is 0. The molecule has 5 fully saturated rings. The van der Waals surface area contributed by atoms with Crippen molar-refractivity contribution in [1.82, 2.24) is 15.5 Å². The minimum absolute atomic E-state index is 0.0175. The van der Waals surface area contributed by atoms with Crippen molar-refractivity contribution in [3.05, 3.63) is 35.4 Å². The van der Waals surface area contributed by atoms with E-state index in [1.807, 2.05) is 24.3 Å². The van der Waals surface area contributed by atoms with Crippen LogP contribution in [0.1, 0.15) is 81.1 Å². The van der Waals surface area contributed by atoms with Crippen LogP contribution in [0.4, 0.5) is 0 Å². The Bertz CT molecular complexity index is 829. The predicted octanol–water partition coefficient (Wildman–Crippen LogP) is 4.37. The van der Waals surface area contributed by atoms with Crippen LogP contribution in [0.2, 0.25) is 0 Å². The summed E-state index contributed by atoms with van der Waals surface area (Å²) in [6.07, 6.45) is 9.91. The molecule has 2 N–H and O–H groups in total. The number of hydrogen-bond acceptors (Lipinski definition) is 3. The van der Waals surface area contributed by atoms with E-state index in [1.54, 1.807) is 0 Å². The van der Waals surface area contributed by atoms with Crippen LogP contribution in [0, 0.1) is 29.1 Å². The molecule has 180 valence electrons. The number of piperidine rings is 1. The normalized spacial score (nSPS) is 34.1. The van der Waals surface area contributed by atoms with Gasteiger partial charge in [0.25, 0.3) is 5.91 Å². The fourth-order valence-corrected chi connectivity index (χ4v) is 7.63. The second-order valence-corrected chi connectivity index (χ2v) is 11.9. The van der Waals surface area contributed by atoms with E-state index in [0.29, 0.717) is 24.7 Å². The molecule has 2 atom stereocenters. The molecule has 6 rings (SSSR count). The van der Waals surface area contributed by atoms with Gasteiger partial charge in [0.05, 0.1) is 0 Å². The zero-order chi connectivity index (χ0) is 23.0. The second kappa shape index (κ2) is 9.40. The van der Waals surface area contributed by atoms with Crippen LogP contribution in [0.5, 0.6) is 0 Å². The molecule has 5 nitrogen and oxygen atoms in total. The van der Waals surface area contributed by atoms with Crippen molar-refractivity contribution >= 4 is 11.8 Å². The van der Waals surface area contributed by atoms with Crippen LogP contribution < -0.4 is 10.6 Å². The van der Waals surface area contributed by atoms with Gasteiger partial charge in [-0.15, -0.1) is 0 Å². The van der Waals surface area contributed by atoms with Crippen molar-refractivity contribution in [2.24, 2.45) is 29.1 Å². The van der Waals surface area contributed by atoms with Crippen LogP contribution >= 0.6 is 0 Å². The van der Waals surface area contributed by atoms with E-state index < -0.39 is 0 Å². The lowest BCUT2D eigenvalue weighted by Gasteiger charge is -2.55. The second-order valence-electron chi connectivity index (χ2n) is 11.9. The highest BCUT2D eigenvalue weighted by Crippen LogP contribution is 2.60. The minimum Gasteiger partial charge on any atom is -0.352 e. The number of carbonyl (C=O) groups is 2. The molecule has 0 radical (unpaired) electrons. The highest BCUT2D eigenvalue weighted by Gasteiger charge is 2.54. The lowest BCUT2D eigenvalue weighted by Crippen LogP contribution is -2.53. The Balaban J connectivity index is 1.09. The van der Waals surface area contributed by atoms with Gasteiger partial charge in [-0.25, -0.2) is 0 Å². The lowest BCUT2D eigenvalue weighted by atomic mass is 9.49. The summed E-state index contributed by atoms with van der Waals surface area (Å²) in [6.45, 7) is 7.99. The first-order valence-electron chi connectivity index (χ1n) is 13.3. The maximum absolute atomic E-state index is 13.2. The van der Waals surface area contributed by atoms with Gasteiger partial charge in [-0.2, -0.15) is 0 Å². The summed E-state index contributed by atoms with van der Waals surface area (Å²) in [4.78, 5) is 28.3. The molecule has 1 heterocycles. The number of carbonyl (C=O) groups excluding carboxylic acids is 2. The van der Waals surface area contributed by atoms with Crippen molar-refractivity contribution in [2.75, 3.05) is 19.6 Å². The van der Waals surface area contributed by atoms with Crippen molar-refractivity contribution < 1.29 is 9.59 Å². The van der Waals surface area contributed by atoms with Gasteiger partial charge in [0.15, 0.2) is 0 Å². The van der Waals surface area contributed by atoms with Gasteiger partial charge in [-0.1, -0.05) is 19.1 Å². The molecule has 2 amide bonds. The summed E-state index contributed by atoms with van der Waals surface area (Å²) >= 11 is 0. The van der Waals surface area contributed by atoms with Gasteiger partial charge in [0.2, 0.25) is 5.91 Å². The average Bonchev–Trinajstić information content (AvgIpc) is 2.80. The molecular formula is C28H41N3O2. The topological polar surface area (TPSA) is 61.4 Å². The van der Waals surface area contributed by atoms with Gasteiger partial charge >= 0.3 is 0 Å². The predicted molar refractivity (Wildman–Crippen MR) is 131 cm³/mol. The van der Waals surface area contributed by atoms with Crippen molar-refractivity contribution in [2.45, 2.75) is 77.8 Å².